The topological polar surface area (TPSA) is 9.72 Å². The minimum absolute atomic E-state index is 0.206. The van der Waals surface area contributed by atoms with Crippen molar-refractivity contribution in [2.75, 3.05) is 55.6 Å². The minimum Gasteiger partial charge on any atom is -0.371 e. The molecular formula is C27H33ClF3N3. The molecule has 0 amide bonds. The lowest BCUT2D eigenvalue weighted by molar-refractivity contribution is -0.151. The average molecular weight is 492 g/mol. The Balaban J connectivity index is 1.22. The predicted molar refractivity (Wildman–Crippen MR) is 134 cm³/mol. The fourth-order valence-electron chi connectivity index (χ4n) is 5.64. The summed E-state index contributed by atoms with van der Waals surface area (Å²) >= 11 is 6.37. The zero-order valence-corrected chi connectivity index (χ0v) is 20.5. The zero-order valence-electron chi connectivity index (χ0n) is 19.7. The van der Waals surface area contributed by atoms with Crippen molar-refractivity contribution in [2.24, 2.45) is 17.8 Å². The van der Waals surface area contributed by atoms with Crippen molar-refractivity contribution in [1.82, 2.24) is 4.90 Å². The van der Waals surface area contributed by atoms with Gasteiger partial charge < -0.3 is 9.80 Å². The molecule has 2 aromatic rings. The number of hydrogen-bond donors (Lipinski definition) is 0. The van der Waals surface area contributed by atoms with Gasteiger partial charge in [0.1, 0.15) is 0 Å². The Kier molecular flexibility index (Phi) is 6.73. The number of benzene rings is 2. The molecule has 1 aliphatic carbocycles. The monoisotopic (exact) mass is 491 g/mol. The van der Waals surface area contributed by atoms with Gasteiger partial charge in [-0.2, -0.15) is 13.2 Å². The number of alkyl halides is 3. The van der Waals surface area contributed by atoms with Crippen molar-refractivity contribution in [3.63, 3.8) is 0 Å². The van der Waals surface area contributed by atoms with E-state index in [2.05, 4.69) is 58.0 Å². The maximum Gasteiger partial charge on any atom is 0.392 e. The van der Waals surface area contributed by atoms with Crippen LogP contribution in [-0.2, 0) is 0 Å². The van der Waals surface area contributed by atoms with Gasteiger partial charge >= 0.3 is 6.18 Å². The highest BCUT2D eigenvalue weighted by Gasteiger charge is 2.55. The smallest absolute Gasteiger partial charge is 0.371 e. The molecule has 34 heavy (non-hydrogen) atoms. The Morgan fingerprint density at radius 3 is 2.32 bits per heavy atom. The molecule has 0 radical (unpaired) electrons. The van der Waals surface area contributed by atoms with Crippen LogP contribution < -0.4 is 9.80 Å². The van der Waals surface area contributed by atoms with Gasteiger partial charge in [-0.15, -0.1) is 0 Å². The normalized spacial score (nSPS) is 26.1. The molecule has 5 rings (SSSR count). The van der Waals surface area contributed by atoms with Gasteiger partial charge in [0.2, 0.25) is 0 Å². The molecule has 2 heterocycles. The van der Waals surface area contributed by atoms with Crippen LogP contribution >= 0.6 is 11.6 Å². The Morgan fingerprint density at radius 2 is 1.68 bits per heavy atom. The van der Waals surface area contributed by atoms with Crippen LogP contribution in [0.15, 0.2) is 42.5 Å². The summed E-state index contributed by atoms with van der Waals surface area (Å²) in [5.41, 5.74) is 4.76. The molecule has 184 valence electrons. The molecule has 0 N–H and O–H groups in total. The second-order valence-corrected chi connectivity index (χ2v) is 10.8. The summed E-state index contributed by atoms with van der Waals surface area (Å²) in [5.74, 6) is -0.604. The second-order valence-electron chi connectivity index (χ2n) is 10.3. The summed E-state index contributed by atoms with van der Waals surface area (Å²) in [5, 5.41) is 0.763. The van der Waals surface area contributed by atoms with Crippen molar-refractivity contribution in [2.45, 2.75) is 32.4 Å². The summed E-state index contributed by atoms with van der Waals surface area (Å²) < 4.78 is 38.4. The van der Waals surface area contributed by atoms with Crippen LogP contribution in [0.4, 0.5) is 24.5 Å². The van der Waals surface area contributed by atoms with Crippen molar-refractivity contribution in [3.05, 3.63) is 47.5 Å². The molecule has 3 atom stereocenters. The molecule has 0 aromatic heterocycles. The maximum absolute atomic E-state index is 12.8. The van der Waals surface area contributed by atoms with Crippen LogP contribution in [0.3, 0.4) is 0 Å². The van der Waals surface area contributed by atoms with E-state index in [1.165, 1.54) is 35.3 Å². The first kappa shape index (κ1) is 23.8. The van der Waals surface area contributed by atoms with E-state index in [1.54, 1.807) is 0 Å². The third-order valence-corrected chi connectivity index (χ3v) is 7.94. The molecule has 0 bridgehead atoms. The average Bonchev–Trinajstić information content (AvgIpc) is 3.60. The van der Waals surface area contributed by atoms with E-state index >= 15 is 0 Å². The van der Waals surface area contributed by atoms with Crippen molar-refractivity contribution in [3.8, 4) is 11.1 Å². The van der Waals surface area contributed by atoms with E-state index in [0.29, 0.717) is 18.9 Å². The van der Waals surface area contributed by atoms with Crippen LogP contribution in [0.5, 0.6) is 0 Å². The van der Waals surface area contributed by atoms with Gasteiger partial charge in [0.05, 0.1) is 5.92 Å². The first-order valence-corrected chi connectivity index (χ1v) is 12.8. The summed E-state index contributed by atoms with van der Waals surface area (Å²) in [6.45, 7) is 8.33. The Labute approximate surface area is 205 Å². The highest BCUT2D eigenvalue weighted by Crippen LogP contribution is 2.50. The molecule has 7 heteroatoms. The van der Waals surface area contributed by atoms with E-state index < -0.39 is 12.1 Å². The van der Waals surface area contributed by atoms with Gasteiger partial charge in [-0.1, -0.05) is 36.7 Å². The second kappa shape index (κ2) is 9.62. The number of piperidine rings is 1. The number of halogens is 4. The lowest BCUT2D eigenvalue weighted by atomic mass is 9.97. The summed E-state index contributed by atoms with van der Waals surface area (Å²) in [6, 6.07) is 14.9. The summed E-state index contributed by atoms with van der Waals surface area (Å²) in [4.78, 5) is 7.00. The largest absolute Gasteiger partial charge is 0.392 e. The molecule has 2 aliphatic heterocycles. The van der Waals surface area contributed by atoms with Gasteiger partial charge in [0.15, 0.2) is 0 Å². The van der Waals surface area contributed by atoms with Crippen molar-refractivity contribution >= 4 is 23.0 Å². The van der Waals surface area contributed by atoms with E-state index in [4.69, 9.17) is 11.6 Å². The van der Waals surface area contributed by atoms with Crippen molar-refractivity contribution < 1.29 is 13.2 Å². The molecular weight excluding hydrogens is 459 g/mol. The number of piperazine rings is 1. The molecule has 1 saturated carbocycles. The molecule has 3 fully saturated rings. The maximum atomic E-state index is 12.8. The van der Waals surface area contributed by atoms with Gasteiger partial charge in [0.25, 0.3) is 0 Å². The highest BCUT2D eigenvalue weighted by atomic mass is 35.5. The lowest BCUT2D eigenvalue weighted by Crippen LogP contribution is -2.47. The van der Waals surface area contributed by atoms with E-state index in [1.807, 2.05) is 6.07 Å². The van der Waals surface area contributed by atoms with E-state index in [-0.39, 0.29) is 5.92 Å². The third-order valence-electron chi connectivity index (χ3n) is 7.71. The number of hydrogen-bond acceptors (Lipinski definition) is 3. The quantitative estimate of drug-likeness (QED) is 0.468. The zero-order chi connectivity index (χ0) is 23.9. The van der Waals surface area contributed by atoms with Crippen LogP contribution in [0.1, 0.15) is 26.2 Å². The van der Waals surface area contributed by atoms with Crippen LogP contribution in [0.25, 0.3) is 11.1 Å². The number of anilines is 2. The van der Waals surface area contributed by atoms with Gasteiger partial charge in [-0.3, -0.25) is 4.90 Å². The predicted octanol–water partition coefficient (Wildman–Crippen LogP) is 6.56. The minimum atomic E-state index is -4.02. The summed E-state index contributed by atoms with van der Waals surface area (Å²) in [6.07, 6.45) is -1.24. The van der Waals surface area contributed by atoms with Crippen LogP contribution in [0.2, 0.25) is 5.02 Å². The fraction of sp³-hybridized carbons (Fsp3) is 0.556. The van der Waals surface area contributed by atoms with E-state index in [9.17, 15) is 13.2 Å². The Bertz CT molecular complexity index is 986. The molecule has 2 aromatic carbocycles. The van der Waals surface area contributed by atoms with E-state index in [0.717, 1.165) is 44.3 Å². The molecule has 3 aliphatic rings. The van der Waals surface area contributed by atoms with Gasteiger partial charge in [-0.25, -0.2) is 0 Å². The molecule has 2 saturated heterocycles. The van der Waals surface area contributed by atoms with Gasteiger partial charge in [-0.05, 0) is 60.9 Å². The number of rotatable bonds is 5. The van der Waals surface area contributed by atoms with Gasteiger partial charge in [0, 0.05) is 67.8 Å². The first-order chi connectivity index (χ1) is 16.3. The van der Waals surface area contributed by atoms with Crippen molar-refractivity contribution in [1.29, 1.82) is 0 Å². The Morgan fingerprint density at radius 1 is 0.941 bits per heavy atom. The first-order valence-electron chi connectivity index (χ1n) is 12.5. The molecule has 3 unspecified atom stereocenters. The molecule has 3 nitrogen and oxygen atoms in total. The summed E-state index contributed by atoms with van der Waals surface area (Å²) in [7, 11) is 0. The Hall–Kier alpha value is -1.92. The SMILES string of the molecule is CC1CCCN(c2cc(Cl)ccc2-c2ccc(N3CCN(CC4CC4C(F)(F)F)CC3)cc2)C1. The lowest BCUT2D eigenvalue weighted by Gasteiger charge is -2.36. The standard InChI is InChI=1S/C27H33ClF3N3/c1-19-3-2-10-34(17-19)26-16-22(28)6-9-24(26)20-4-7-23(8-5-20)33-13-11-32(12-14-33)18-21-15-25(21)27(29,30)31/h4-9,16,19,21,25H,2-3,10-15,17-18H2,1H3. The fourth-order valence-corrected chi connectivity index (χ4v) is 5.81. The number of nitrogens with zero attached hydrogens (tertiary/aromatic N) is 3. The third kappa shape index (κ3) is 5.33. The molecule has 0 spiro atoms. The van der Waals surface area contributed by atoms with Crippen LogP contribution in [-0.4, -0.2) is 56.9 Å². The highest BCUT2D eigenvalue weighted by molar-refractivity contribution is 6.31. The van der Waals surface area contributed by atoms with Crippen LogP contribution in [0, 0.1) is 17.8 Å².